The van der Waals surface area contributed by atoms with Crippen LogP contribution >= 0.6 is 0 Å². The number of hydrogen-bond acceptors (Lipinski definition) is 2. The van der Waals surface area contributed by atoms with Crippen molar-refractivity contribution in [3.63, 3.8) is 0 Å². The fraction of sp³-hybridized carbons (Fsp3) is 0.500. The first-order chi connectivity index (χ1) is 7.74. The third-order valence-electron chi connectivity index (χ3n) is 2.75. The van der Waals surface area contributed by atoms with E-state index in [1.54, 1.807) is 0 Å². The van der Waals surface area contributed by atoms with Crippen LogP contribution in [-0.2, 0) is 11.2 Å². The number of carbonyl (C=O) groups excluding carboxylic acids is 1. The second kappa shape index (κ2) is 7.18. The molecule has 1 N–H and O–H groups in total. The lowest BCUT2D eigenvalue weighted by atomic mass is 9.99. The van der Waals surface area contributed by atoms with Gasteiger partial charge in [0.15, 0.2) is 0 Å². The van der Waals surface area contributed by atoms with Crippen LogP contribution in [0.15, 0.2) is 30.3 Å². The molecule has 0 aromatic heterocycles. The highest BCUT2D eigenvalue weighted by molar-refractivity contribution is 5.81. The van der Waals surface area contributed by atoms with Crippen LogP contribution in [0.3, 0.4) is 0 Å². The topological polar surface area (TPSA) is 29.1 Å². The van der Waals surface area contributed by atoms with Crippen LogP contribution in [0.4, 0.5) is 0 Å². The molecule has 1 aromatic rings. The lowest BCUT2D eigenvalue weighted by Gasteiger charge is -2.10. The van der Waals surface area contributed by atoms with Crippen LogP contribution in [0.5, 0.6) is 0 Å². The minimum atomic E-state index is 0.128. The molecule has 1 aromatic carbocycles. The van der Waals surface area contributed by atoms with Gasteiger partial charge in [-0.3, -0.25) is 4.79 Å². The number of benzene rings is 1. The molecule has 0 saturated carbocycles. The van der Waals surface area contributed by atoms with Gasteiger partial charge in [-0.25, -0.2) is 0 Å². The van der Waals surface area contributed by atoms with Gasteiger partial charge >= 0.3 is 0 Å². The lowest BCUT2D eigenvalue weighted by Crippen LogP contribution is -2.26. The van der Waals surface area contributed by atoms with Crippen molar-refractivity contribution >= 4 is 5.78 Å². The van der Waals surface area contributed by atoms with Crippen LogP contribution < -0.4 is 5.32 Å². The zero-order valence-corrected chi connectivity index (χ0v) is 10.2. The number of ketones is 1. The molecule has 0 saturated heterocycles. The van der Waals surface area contributed by atoms with Gasteiger partial charge in [-0.15, -0.1) is 0 Å². The van der Waals surface area contributed by atoms with Gasteiger partial charge in [-0.2, -0.15) is 0 Å². The van der Waals surface area contributed by atoms with Crippen LogP contribution in [0.2, 0.25) is 0 Å². The zero-order chi connectivity index (χ0) is 11.8. The zero-order valence-electron chi connectivity index (χ0n) is 10.2. The molecule has 0 fully saturated rings. The van der Waals surface area contributed by atoms with Gasteiger partial charge < -0.3 is 5.32 Å². The Bertz CT molecular complexity index is 308. The summed E-state index contributed by atoms with van der Waals surface area (Å²) in [7, 11) is 0. The molecule has 1 unspecified atom stereocenters. The van der Waals surface area contributed by atoms with Crippen LogP contribution in [0, 0.1) is 5.92 Å². The van der Waals surface area contributed by atoms with Gasteiger partial charge in [0.1, 0.15) is 5.78 Å². The van der Waals surface area contributed by atoms with Crippen molar-refractivity contribution in [2.24, 2.45) is 5.92 Å². The van der Waals surface area contributed by atoms with E-state index in [2.05, 4.69) is 24.4 Å². The Morgan fingerprint density at radius 2 is 2.00 bits per heavy atom. The Labute approximate surface area is 98.1 Å². The molecule has 0 aliphatic rings. The second-order valence-electron chi connectivity index (χ2n) is 4.16. The summed E-state index contributed by atoms with van der Waals surface area (Å²) >= 11 is 0. The predicted octanol–water partition coefficient (Wildman–Crippen LogP) is 2.43. The van der Waals surface area contributed by atoms with Crippen molar-refractivity contribution in [2.75, 3.05) is 13.1 Å². The first-order valence-corrected chi connectivity index (χ1v) is 6.01. The molecular weight excluding hydrogens is 198 g/mol. The maximum absolute atomic E-state index is 11.8. The fourth-order valence-corrected chi connectivity index (χ4v) is 1.63. The van der Waals surface area contributed by atoms with Gasteiger partial charge in [0.05, 0.1) is 0 Å². The first kappa shape index (κ1) is 12.9. The maximum atomic E-state index is 11.8. The summed E-state index contributed by atoms with van der Waals surface area (Å²) in [6, 6.07) is 10.2. The molecule has 0 heterocycles. The Hall–Kier alpha value is -1.15. The molecule has 0 aliphatic carbocycles. The van der Waals surface area contributed by atoms with E-state index < -0.39 is 0 Å². The van der Waals surface area contributed by atoms with Gasteiger partial charge in [-0.1, -0.05) is 44.2 Å². The normalized spacial score (nSPS) is 12.4. The van der Waals surface area contributed by atoms with Crippen LogP contribution in [0.1, 0.15) is 25.8 Å². The first-order valence-electron chi connectivity index (χ1n) is 6.01. The van der Waals surface area contributed by atoms with Crippen LogP contribution in [-0.4, -0.2) is 18.9 Å². The van der Waals surface area contributed by atoms with E-state index >= 15 is 0 Å². The molecule has 1 rings (SSSR count). The van der Waals surface area contributed by atoms with Gasteiger partial charge in [0.25, 0.3) is 0 Å². The van der Waals surface area contributed by atoms with Crippen LogP contribution in [0.25, 0.3) is 0 Å². The molecule has 2 nitrogen and oxygen atoms in total. The number of nitrogens with one attached hydrogen (secondary N) is 1. The molecular formula is C14H21NO. The molecule has 88 valence electrons. The lowest BCUT2D eigenvalue weighted by molar-refractivity contribution is -0.122. The highest BCUT2D eigenvalue weighted by atomic mass is 16.1. The largest absolute Gasteiger partial charge is 0.316 e. The number of rotatable bonds is 7. The summed E-state index contributed by atoms with van der Waals surface area (Å²) < 4.78 is 0. The maximum Gasteiger partial charge on any atom is 0.137 e. The Kier molecular flexibility index (Phi) is 5.79. The van der Waals surface area contributed by atoms with Crippen molar-refractivity contribution in [1.29, 1.82) is 0 Å². The Morgan fingerprint density at radius 1 is 1.31 bits per heavy atom. The number of carbonyl (C=O) groups is 1. The van der Waals surface area contributed by atoms with E-state index in [4.69, 9.17) is 0 Å². The van der Waals surface area contributed by atoms with Crippen molar-refractivity contribution in [3.05, 3.63) is 35.9 Å². The van der Waals surface area contributed by atoms with Crippen molar-refractivity contribution < 1.29 is 4.79 Å². The van der Waals surface area contributed by atoms with E-state index in [-0.39, 0.29) is 5.92 Å². The minimum Gasteiger partial charge on any atom is -0.316 e. The third-order valence-corrected chi connectivity index (χ3v) is 2.75. The SMILES string of the molecule is CCNCC(C)C(=O)CCc1ccccc1. The summed E-state index contributed by atoms with van der Waals surface area (Å²) in [6.45, 7) is 5.78. The average molecular weight is 219 g/mol. The smallest absolute Gasteiger partial charge is 0.137 e. The van der Waals surface area contributed by atoms with Crippen molar-refractivity contribution in [3.8, 4) is 0 Å². The number of Topliss-reactive ketones (excluding diaryl/α,β-unsaturated/α-hetero) is 1. The standard InChI is InChI=1S/C14H21NO/c1-3-15-11-12(2)14(16)10-9-13-7-5-4-6-8-13/h4-8,12,15H,3,9-11H2,1-2H3. The van der Waals surface area contributed by atoms with E-state index in [1.807, 2.05) is 25.1 Å². The number of hydrogen-bond donors (Lipinski definition) is 1. The summed E-state index contributed by atoms with van der Waals surface area (Å²) in [4.78, 5) is 11.8. The quantitative estimate of drug-likeness (QED) is 0.763. The molecule has 0 amide bonds. The van der Waals surface area contributed by atoms with E-state index in [0.717, 1.165) is 19.5 Å². The Balaban J connectivity index is 2.29. The Morgan fingerprint density at radius 3 is 2.62 bits per heavy atom. The highest BCUT2D eigenvalue weighted by Gasteiger charge is 2.11. The molecule has 2 heteroatoms. The molecule has 1 atom stereocenters. The summed E-state index contributed by atoms with van der Waals surface area (Å²) in [6.07, 6.45) is 1.51. The van der Waals surface area contributed by atoms with E-state index in [9.17, 15) is 4.79 Å². The second-order valence-corrected chi connectivity index (χ2v) is 4.16. The van der Waals surface area contributed by atoms with E-state index in [0.29, 0.717) is 12.2 Å². The highest BCUT2D eigenvalue weighted by Crippen LogP contribution is 2.06. The molecule has 0 bridgehead atoms. The third kappa shape index (κ3) is 4.58. The van der Waals surface area contributed by atoms with E-state index in [1.165, 1.54) is 5.56 Å². The summed E-state index contributed by atoms with van der Waals surface area (Å²) in [5.74, 6) is 0.480. The predicted molar refractivity (Wildman–Crippen MR) is 67.5 cm³/mol. The van der Waals surface area contributed by atoms with Crippen molar-refractivity contribution in [2.45, 2.75) is 26.7 Å². The summed E-state index contributed by atoms with van der Waals surface area (Å²) in [5, 5.41) is 3.21. The molecule has 0 radical (unpaired) electrons. The monoisotopic (exact) mass is 219 g/mol. The van der Waals surface area contributed by atoms with Gasteiger partial charge in [0, 0.05) is 18.9 Å². The molecule has 0 aliphatic heterocycles. The molecule has 0 spiro atoms. The molecule has 16 heavy (non-hydrogen) atoms. The number of aryl methyl sites for hydroxylation is 1. The summed E-state index contributed by atoms with van der Waals surface area (Å²) in [5.41, 5.74) is 1.24. The minimum absolute atomic E-state index is 0.128. The van der Waals surface area contributed by atoms with Gasteiger partial charge in [-0.05, 0) is 18.5 Å². The van der Waals surface area contributed by atoms with Crippen molar-refractivity contribution in [1.82, 2.24) is 5.32 Å². The average Bonchev–Trinajstić information content (AvgIpc) is 2.34. The fourth-order valence-electron chi connectivity index (χ4n) is 1.63. The van der Waals surface area contributed by atoms with Gasteiger partial charge in [0.2, 0.25) is 0 Å².